The lowest BCUT2D eigenvalue weighted by atomic mass is 9.65. The Morgan fingerprint density at radius 3 is 2.52 bits per heavy atom. The molecule has 2 unspecified atom stereocenters. The molecule has 2 atom stereocenters. The lowest BCUT2D eigenvalue weighted by Crippen LogP contribution is -2.33. The predicted molar refractivity (Wildman–Crippen MR) is 122 cm³/mol. The van der Waals surface area contributed by atoms with Gasteiger partial charge in [-0.15, -0.1) is 0 Å². The third kappa shape index (κ3) is 3.25. The van der Waals surface area contributed by atoms with Gasteiger partial charge in [-0.25, -0.2) is 0 Å². The number of phenols is 1. The van der Waals surface area contributed by atoms with E-state index in [2.05, 4.69) is 52.5 Å². The molecule has 152 valence electrons. The number of aromatic hydroxyl groups is 1. The number of hydrogen-bond donors (Lipinski definition) is 1. The van der Waals surface area contributed by atoms with Crippen molar-refractivity contribution in [2.45, 2.75) is 58.8 Å². The molecular formula is C27H32O2. The van der Waals surface area contributed by atoms with Crippen LogP contribution < -0.4 is 0 Å². The van der Waals surface area contributed by atoms with Crippen molar-refractivity contribution in [1.82, 2.24) is 0 Å². The van der Waals surface area contributed by atoms with Crippen LogP contribution in [0.3, 0.4) is 0 Å². The van der Waals surface area contributed by atoms with E-state index >= 15 is 0 Å². The van der Waals surface area contributed by atoms with Crippen molar-refractivity contribution in [3.63, 3.8) is 0 Å². The summed E-state index contributed by atoms with van der Waals surface area (Å²) in [7, 11) is 0. The van der Waals surface area contributed by atoms with Gasteiger partial charge in [0.05, 0.1) is 0 Å². The molecule has 0 amide bonds. The number of benzene rings is 2. The Kier molecular flexibility index (Phi) is 5.84. The second-order valence-corrected chi connectivity index (χ2v) is 8.59. The van der Waals surface area contributed by atoms with E-state index in [1.807, 2.05) is 31.2 Å². The van der Waals surface area contributed by atoms with Crippen molar-refractivity contribution in [3.8, 4) is 5.75 Å². The monoisotopic (exact) mass is 388 g/mol. The molecule has 0 spiro atoms. The van der Waals surface area contributed by atoms with Gasteiger partial charge in [-0.1, -0.05) is 82.8 Å². The van der Waals surface area contributed by atoms with Gasteiger partial charge in [0.2, 0.25) is 0 Å². The molecule has 1 N–H and O–H groups in total. The van der Waals surface area contributed by atoms with Crippen LogP contribution in [0.1, 0.15) is 84.6 Å². The summed E-state index contributed by atoms with van der Waals surface area (Å²) < 4.78 is 0. The Morgan fingerprint density at radius 2 is 1.90 bits per heavy atom. The van der Waals surface area contributed by atoms with E-state index in [1.165, 1.54) is 0 Å². The molecule has 0 aliphatic heterocycles. The molecule has 2 aromatic carbocycles. The zero-order chi connectivity index (χ0) is 21.3. The Bertz CT molecular complexity index is 980. The first-order chi connectivity index (χ1) is 13.8. The molecule has 1 aliphatic rings. The smallest absolute Gasteiger partial charge is 0.164 e. The van der Waals surface area contributed by atoms with Crippen molar-refractivity contribution in [3.05, 3.63) is 82.4 Å². The summed E-state index contributed by atoms with van der Waals surface area (Å²) in [4.78, 5) is 13.0. The molecule has 3 rings (SSSR count). The highest BCUT2D eigenvalue weighted by molar-refractivity contribution is 6.03. The molecule has 1 aliphatic carbocycles. The number of ketones is 1. The van der Waals surface area contributed by atoms with Crippen LogP contribution in [-0.2, 0) is 5.41 Å². The average Bonchev–Trinajstić information content (AvgIpc) is 3.02. The summed E-state index contributed by atoms with van der Waals surface area (Å²) in [6.45, 7) is 14.5. The minimum atomic E-state index is -0.408. The van der Waals surface area contributed by atoms with Gasteiger partial charge in [0.1, 0.15) is 5.75 Å². The Labute approximate surface area is 175 Å². The number of phenolic OH excluding ortho intramolecular Hbond substituents is 1. The minimum absolute atomic E-state index is 0.198. The maximum absolute atomic E-state index is 13.0. The van der Waals surface area contributed by atoms with Gasteiger partial charge in [-0.3, -0.25) is 4.79 Å². The highest BCUT2D eigenvalue weighted by Crippen LogP contribution is 2.52. The lowest BCUT2D eigenvalue weighted by molar-refractivity contribution is 0.0970. The second-order valence-electron chi connectivity index (χ2n) is 8.59. The number of carbonyl (C=O) groups is 1. The summed E-state index contributed by atoms with van der Waals surface area (Å²) in [5.41, 5.74) is 5.52. The second kappa shape index (κ2) is 8.02. The van der Waals surface area contributed by atoms with Crippen molar-refractivity contribution >= 4 is 11.9 Å². The molecule has 0 radical (unpaired) electrons. The van der Waals surface area contributed by atoms with Crippen LogP contribution in [0.5, 0.6) is 5.75 Å². The molecule has 0 saturated carbocycles. The van der Waals surface area contributed by atoms with Gasteiger partial charge in [0.25, 0.3) is 0 Å². The van der Waals surface area contributed by atoms with Crippen molar-refractivity contribution in [2.75, 3.05) is 0 Å². The van der Waals surface area contributed by atoms with Crippen LogP contribution in [0.2, 0.25) is 0 Å². The molecule has 0 fully saturated rings. The third-order valence-corrected chi connectivity index (χ3v) is 6.69. The van der Waals surface area contributed by atoms with Gasteiger partial charge in [-0.05, 0) is 47.4 Å². The molecule has 2 aromatic rings. The first kappa shape index (κ1) is 21.1. The number of aryl methyl sites for hydroxylation is 1. The van der Waals surface area contributed by atoms with E-state index in [1.54, 1.807) is 6.08 Å². The van der Waals surface area contributed by atoms with E-state index in [0.717, 1.165) is 39.8 Å². The quantitative estimate of drug-likeness (QED) is 0.544. The third-order valence-electron chi connectivity index (χ3n) is 6.69. The van der Waals surface area contributed by atoms with Crippen molar-refractivity contribution in [2.24, 2.45) is 5.92 Å². The largest absolute Gasteiger partial charge is 0.507 e. The first-order valence-corrected chi connectivity index (χ1v) is 10.6. The fourth-order valence-electron chi connectivity index (χ4n) is 4.89. The maximum atomic E-state index is 13.0. The topological polar surface area (TPSA) is 37.3 Å². The molecule has 29 heavy (non-hydrogen) atoms. The van der Waals surface area contributed by atoms with Gasteiger partial charge < -0.3 is 5.11 Å². The van der Waals surface area contributed by atoms with Crippen LogP contribution in [-0.4, -0.2) is 10.9 Å². The molecule has 2 nitrogen and oxygen atoms in total. The summed E-state index contributed by atoms with van der Waals surface area (Å²) in [6.07, 6.45) is 7.13. The van der Waals surface area contributed by atoms with E-state index < -0.39 is 5.41 Å². The van der Waals surface area contributed by atoms with Crippen LogP contribution in [0.4, 0.5) is 0 Å². The molecule has 2 heteroatoms. The summed E-state index contributed by atoms with van der Waals surface area (Å²) >= 11 is 0. The number of rotatable bonds is 6. The zero-order valence-corrected chi connectivity index (χ0v) is 18.3. The number of carbonyl (C=O) groups excluding carboxylic acids is 1. The minimum Gasteiger partial charge on any atom is -0.507 e. The van der Waals surface area contributed by atoms with E-state index in [0.29, 0.717) is 12.2 Å². The molecule has 0 aromatic heterocycles. The van der Waals surface area contributed by atoms with Gasteiger partial charge >= 0.3 is 0 Å². The normalized spacial score (nSPS) is 19.7. The highest BCUT2D eigenvalue weighted by atomic mass is 16.3. The van der Waals surface area contributed by atoms with Gasteiger partial charge in [0.15, 0.2) is 5.78 Å². The van der Waals surface area contributed by atoms with E-state index in [9.17, 15) is 9.90 Å². The Balaban J connectivity index is 2.46. The number of Topliss-reactive ketones (excluding diaryl/α,β-unsaturated/α-hetero) is 1. The highest BCUT2D eigenvalue weighted by Gasteiger charge is 2.48. The van der Waals surface area contributed by atoms with Crippen LogP contribution in [0.25, 0.3) is 6.08 Å². The Morgan fingerprint density at radius 1 is 1.21 bits per heavy atom. The molecule has 0 saturated heterocycles. The zero-order valence-electron chi connectivity index (χ0n) is 18.3. The van der Waals surface area contributed by atoms with Crippen molar-refractivity contribution < 1.29 is 9.90 Å². The molecule has 0 heterocycles. The van der Waals surface area contributed by atoms with Gasteiger partial charge in [0, 0.05) is 23.0 Å². The molecular weight excluding hydrogens is 356 g/mol. The fraction of sp³-hybridized carbons (Fsp3) is 0.370. The summed E-state index contributed by atoms with van der Waals surface area (Å²) in [5.74, 6) is 0.987. The fourth-order valence-corrected chi connectivity index (χ4v) is 4.89. The SMILES string of the molecule is C=C/C=C\c1c(C2(C(C)C)CC(=O)c3ccccc32)cc(C)c(O)c1C(C)CC. The van der Waals surface area contributed by atoms with Crippen LogP contribution in [0, 0.1) is 12.8 Å². The molecule has 0 bridgehead atoms. The van der Waals surface area contributed by atoms with E-state index in [-0.39, 0.29) is 17.6 Å². The number of hydrogen-bond acceptors (Lipinski definition) is 2. The van der Waals surface area contributed by atoms with Crippen LogP contribution >= 0.6 is 0 Å². The average molecular weight is 389 g/mol. The summed E-state index contributed by atoms with van der Waals surface area (Å²) in [5, 5.41) is 11.0. The lowest BCUT2D eigenvalue weighted by Gasteiger charge is -2.38. The van der Waals surface area contributed by atoms with Gasteiger partial charge in [-0.2, -0.15) is 0 Å². The number of allylic oxidation sites excluding steroid dienone is 2. The Hall–Kier alpha value is -2.61. The van der Waals surface area contributed by atoms with Crippen LogP contribution in [0.15, 0.2) is 49.1 Å². The number of fused-ring (bicyclic) bond motifs is 1. The maximum Gasteiger partial charge on any atom is 0.164 e. The predicted octanol–water partition coefficient (Wildman–Crippen LogP) is 6.94. The standard InChI is InChI=1S/C27H32O2/c1-7-9-12-21-23(15-19(6)26(29)25(21)18(5)8-2)27(17(3)4)16-24(28)20-13-10-11-14-22(20)27/h7,9-15,17-18,29H,1,8,16H2,2-6H3/b12-9-. The van der Waals surface area contributed by atoms with Crippen molar-refractivity contribution in [1.29, 1.82) is 0 Å². The summed E-state index contributed by atoms with van der Waals surface area (Å²) in [6, 6.07) is 10.1. The van der Waals surface area contributed by atoms with E-state index in [4.69, 9.17) is 0 Å². The first-order valence-electron chi connectivity index (χ1n) is 10.6.